The number of imidazole rings is 1. The molecule has 2 heterocycles. The second-order valence-corrected chi connectivity index (χ2v) is 5.65. The molecule has 6 nitrogen and oxygen atoms in total. The van der Waals surface area contributed by atoms with Gasteiger partial charge in [0.2, 0.25) is 0 Å². The Kier molecular flexibility index (Phi) is 3.76. The Morgan fingerprint density at radius 1 is 1.33 bits per heavy atom. The number of nitrogens with zero attached hydrogens (tertiary/aromatic N) is 4. The van der Waals surface area contributed by atoms with Gasteiger partial charge in [-0.3, -0.25) is 0 Å². The molecule has 0 aliphatic carbocycles. The van der Waals surface area contributed by atoms with Gasteiger partial charge in [-0.25, -0.2) is 15.8 Å². The molecular weight excluding hydrogens is 332 g/mol. The minimum absolute atomic E-state index is 0.596. The molecule has 0 aliphatic rings. The molecule has 0 fully saturated rings. The Labute approximate surface area is 130 Å². The van der Waals surface area contributed by atoms with E-state index in [1.54, 1.807) is 12.4 Å². The lowest BCUT2D eigenvalue weighted by Gasteiger charge is -2.19. The molecule has 3 aromatic rings. The van der Waals surface area contributed by atoms with Crippen molar-refractivity contribution in [3.05, 3.63) is 52.9 Å². The molecule has 1 aromatic carbocycles. The number of rotatable bonds is 4. The third-order valence-corrected chi connectivity index (χ3v) is 3.73. The van der Waals surface area contributed by atoms with Gasteiger partial charge in [-0.2, -0.15) is 0 Å². The van der Waals surface area contributed by atoms with E-state index in [0.29, 0.717) is 5.82 Å². The van der Waals surface area contributed by atoms with Crippen LogP contribution in [0.25, 0.3) is 5.65 Å². The highest BCUT2D eigenvalue weighted by atomic mass is 79.9. The average molecular weight is 347 g/mol. The first-order valence-corrected chi connectivity index (χ1v) is 7.22. The zero-order valence-corrected chi connectivity index (χ0v) is 13.1. The molecule has 108 valence electrons. The molecule has 0 unspecified atom stereocenters. The summed E-state index contributed by atoms with van der Waals surface area (Å²) in [5.41, 5.74) is 4.58. The van der Waals surface area contributed by atoms with Gasteiger partial charge in [0.25, 0.3) is 0 Å². The van der Waals surface area contributed by atoms with E-state index in [2.05, 4.69) is 43.5 Å². The number of halogens is 1. The Balaban J connectivity index is 1.94. The van der Waals surface area contributed by atoms with Crippen LogP contribution in [0, 0.1) is 0 Å². The fourth-order valence-electron chi connectivity index (χ4n) is 2.18. The van der Waals surface area contributed by atoms with Gasteiger partial charge in [-0.1, -0.05) is 28.1 Å². The lowest BCUT2D eigenvalue weighted by molar-refractivity contribution is 0.891. The van der Waals surface area contributed by atoms with Crippen LogP contribution in [0.5, 0.6) is 0 Å². The molecule has 0 amide bonds. The summed E-state index contributed by atoms with van der Waals surface area (Å²) < 4.78 is 2.97. The number of aromatic nitrogens is 3. The normalized spacial score (nSPS) is 10.8. The number of benzene rings is 1. The smallest absolute Gasteiger partial charge is 0.180 e. The minimum atomic E-state index is 0.596. The maximum atomic E-state index is 5.48. The highest BCUT2D eigenvalue weighted by Gasteiger charge is 2.12. The first-order chi connectivity index (χ1) is 10.2. The zero-order chi connectivity index (χ0) is 14.8. The Morgan fingerprint density at radius 2 is 2.10 bits per heavy atom. The molecular formula is C14H15BrN6. The van der Waals surface area contributed by atoms with Crippen LogP contribution in [0.2, 0.25) is 0 Å². The van der Waals surface area contributed by atoms with E-state index >= 15 is 0 Å². The van der Waals surface area contributed by atoms with Gasteiger partial charge in [0.05, 0.1) is 6.20 Å². The summed E-state index contributed by atoms with van der Waals surface area (Å²) in [6, 6.07) is 8.21. The van der Waals surface area contributed by atoms with Gasteiger partial charge in [-0.05, 0) is 17.7 Å². The molecule has 0 atom stereocenters. The number of anilines is 2. The van der Waals surface area contributed by atoms with E-state index < -0.39 is 0 Å². The maximum absolute atomic E-state index is 5.48. The van der Waals surface area contributed by atoms with Gasteiger partial charge in [-0.15, -0.1) is 0 Å². The highest BCUT2D eigenvalue weighted by Crippen LogP contribution is 2.21. The van der Waals surface area contributed by atoms with Crippen LogP contribution in [0.15, 0.2) is 47.3 Å². The summed E-state index contributed by atoms with van der Waals surface area (Å²) in [6.45, 7) is 0.733. The molecule has 0 saturated carbocycles. The molecule has 0 spiro atoms. The number of hydrogen-bond acceptors (Lipinski definition) is 5. The number of hydrazine groups is 1. The fraction of sp³-hybridized carbons (Fsp3) is 0.143. The summed E-state index contributed by atoms with van der Waals surface area (Å²) in [4.78, 5) is 10.9. The van der Waals surface area contributed by atoms with Crippen molar-refractivity contribution < 1.29 is 0 Å². The first kappa shape index (κ1) is 13.8. The molecule has 0 aliphatic heterocycles. The van der Waals surface area contributed by atoms with Crippen molar-refractivity contribution in [3.63, 3.8) is 0 Å². The molecule has 0 bridgehead atoms. The van der Waals surface area contributed by atoms with Crippen molar-refractivity contribution in [2.24, 2.45) is 5.84 Å². The van der Waals surface area contributed by atoms with Crippen LogP contribution >= 0.6 is 15.9 Å². The maximum Gasteiger partial charge on any atom is 0.180 e. The molecule has 3 rings (SSSR count). The molecule has 2 aromatic heterocycles. The summed E-state index contributed by atoms with van der Waals surface area (Å²) in [7, 11) is 1.99. The molecule has 3 N–H and O–H groups in total. The van der Waals surface area contributed by atoms with Crippen LogP contribution in [0.3, 0.4) is 0 Å². The average Bonchev–Trinajstić information content (AvgIpc) is 2.96. The fourth-order valence-corrected chi connectivity index (χ4v) is 2.44. The monoisotopic (exact) mass is 346 g/mol. The number of nitrogens with two attached hydrogens (primary N) is 1. The van der Waals surface area contributed by atoms with Gasteiger partial charge in [0.1, 0.15) is 0 Å². The second-order valence-electron chi connectivity index (χ2n) is 4.73. The van der Waals surface area contributed by atoms with E-state index in [1.807, 2.05) is 34.7 Å². The van der Waals surface area contributed by atoms with E-state index in [9.17, 15) is 0 Å². The number of nitrogens with one attached hydrogen (secondary N) is 1. The number of fused-ring (bicyclic) bond motifs is 1. The lowest BCUT2D eigenvalue weighted by Crippen LogP contribution is -2.20. The van der Waals surface area contributed by atoms with Gasteiger partial charge in [0, 0.05) is 30.5 Å². The van der Waals surface area contributed by atoms with E-state index in [4.69, 9.17) is 5.84 Å². The van der Waals surface area contributed by atoms with Crippen molar-refractivity contribution in [2.75, 3.05) is 17.4 Å². The van der Waals surface area contributed by atoms with E-state index in [1.165, 1.54) is 5.56 Å². The highest BCUT2D eigenvalue weighted by molar-refractivity contribution is 9.10. The van der Waals surface area contributed by atoms with Crippen LogP contribution in [0.1, 0.15) is 5.56 Å². The summed E-state index contributed by atoms with van der Waals surface area (Å²) in [5, 5.41) is 0. The molecule has 21 heavy (non-hydrogen) atoms. The largest absolute Gasteiger partial charge is 0.352 e. The SMILES string of the molecule is CN(Cc1ccc(Br)cc1)c1nc(NN)cn2ccnc12. The second kappa shape index (κ2) is 5.71. The summed E-state index contributed by atoms with van der Waals surface area (Å²) in [5.74, 6) is 6.85. The zero-order valence-electron chi connectivity index (χ0n) is 11.5. The Hall–Kier alpha value is -2.12. The standard InChI is InChI=1S/C14H15BrN6/c1-20(8-10-2-4-11(15)5-3-10)14-13-17-6-7-21(13)9-12(18-14)19-16/h2-7,9,19H,8,16H2,1H3. The molecule has 0 saturated heterocycles. The number of nitrogen functional groups attached to an aromatic ring is 1. The van der Waals surface area contributed by atoms with E-state index in [-0.39, 0.29) is 0 Å². The number of hydrogen-bond donors (Lipinski definition) is 2. The first-order valence-electron chi connectivity index (χ1n) is 6.43. The Morgan fingerprint density at radius 3 is 2.81 bits per heavy atom. The van der Waals surface area contributed by atoms with Crippen LogP contribution in [-0.4, -0.2) is 21.4 Å². The summed E-state index contributed by atoms with van der Waals surface area (Å²) in [6.07, 6.45) is 5.42. The van der Waals surface area contributed by atoms with Crippen molar-refractivity contribution in [3.8, 4) is 0 Å². The predicted molar refractivity (Wildman–Crippen MR) is 87.0 cm³/mol. The molecule has 7 heteroatoms. The Bertz CT molecular complexity index is 752. The van der Waals surface area contributed by atoms with E-state index in [0.717, 1.165) is 22.5 Å². The predicted octanol–water partition coefficient (Wildman–Crippen LogP) is 2.41. The third-order valence-electron chi connectivity index (χ3n) is 3.20. The van der Waals surface area contributed by atoms with Crippen LogP contribution in [-0.2, 0) is 6.54 Å². The summed E-state index contributed by atoms with van der Waals surface area (Å²) >= 11 is 3.44. The van der Waals surface area contributed by atoms with Crippen molar-refractivity contribution in [1.29, 1.82) is 0 Å². The minimum Gasteiger partial charge on any atom is -0.352 e. The van der Waals surface area contributed by atoms with Crippen molar-refractivity contribution in [1.82, 2.24) is 14.4 Å². The quantitative estimate of drug-likeness (QED) is 0.560. The van der Waals surface area contributed by atoms with Gasteiger partial charge in [0.15, 0.2) is 17.3 Å². The van der Waals surface area contributed by atoms with Crippen molar-refractivity contribution in [2.45, 2.75) is 6.54 Å². The third kappa shape index (κ3) is 2.84. The topological polar surface area (TPSA) is 71.5 Å². The lowest BCUT2D eigenvalue weighted by atomic mass is 10.2. The van der Waals surface area contributed by atoms with Gasteiger partial charge < -0.3 is 14.7 Å². The molecule has 0 radical (unpaired) electrons. The van der Waals surface area contributed by atoms with Crippen LogP contribution in [0.4, 0.5) is 11.6 Å². The van der Waals surface area contributed by atoms with Crippen molar-refractivity contribution >= 4 is 33.2 Å². The van der Waals surface area contributed by atoms with Gasteiger partial charge >= 0.3 is 0 Å². The van der Waals surface area contributed by atoms with Crippen LogP contribution < -0.4 is 16.2 Å².